The Kier molecular flexibility index (Phi) is 5.84. The second kappa shape index (κ2) is 5.45. The van der Waals surface area contributed by atoms with Gasteiger partial charge >= 0.3 is 0 Å². The van der Waals surface area contributed by atoms with E-state index in [0.29, 0.717) is 0 Å². The Morgan fingerprint density at radius 2 is 1.44 bits per heavy atom. The zero-order chi connectivity index (χ0) is 7.28. The molecule has 0 unspecified atom stereocenters. The fourth-order valence-electron chi connectivity index (χ4n) is 0.266. The molecule has 1 aromatic heterocycles. The number of hydrogen-bond donors (Lipinski definition) is 0. The summed E-state index contributed by atoms with van der Waals surface area (Å²) in [5, 5.41) is 4.06. The third kappa shape index (κ3) is 3.38. The predicted molar refractivity (Wildman–Crippen MR) is 51.1 cm³/mol. The van der Waals surface area contributed by atoms with Crippen LogP contribution in [0.1, 0.15) is 13.8 Å². The second-order valence-electron chi connectivity index (χ2n) is 1.07. The van der Waals surface area contributed by atoms with Crippen LogP contribution in [0.25, 0.3) is 0 Å². The van der Waals surface area contributed by atoms with Gasteiger partial charge in [-0.3, -0.25) is 0 Å². The van der Waals surface area contributed by atoms with E-state index >= 15 is 0 Å². The zero-order valence-corrected chi connectivity index (χ0v) is 9.31. The average Bonchev–Trinajstić information content (AvgIpc) is 2.23. The van der Waals surface area contributed by atoms with E-state index in [2.05, 4.69) is 31.9 Å². The first kappa shape index (κ1) is 9.66. The molecule has 0 atom stereocenters. The Balaban J connectivity index is 0.000000291. The van der Waals surface area contributed by atoms with Crippen LogP contribution in [-0.2, 0) is 0 Å². The molecule has 0 nitrogen and oxygen atoms in total. The molecule has 52 valence electrons. The highest BCUT2D eigenvalue weighted by molar-refractivity contribution is 9.13. The molecule has 0 aliphatic heterocycles. The first-order valence-electron chi connectivity index (χ1n) is 2.68. The monoisotopic (exact) mass is 270 g/mol. The molecule has 0 spiro atoms. The van der Waals surface area contributed by atoms with Crippen LogP contribution < -0.4 is 0 Å². The third-order valence-electron chi connectivity index (χ3n) is 0.571. The molecule has 0 saturated heterocycles. The lowest BCUT2D eigenvalue weighted by Crippen LogP contribution is -1.46. The molecule has 1 heterocycles. The number of thiophene rings is 1. The van der Waals surface area contributed by atoms with Crippen molar-refractivity contribution >= 4 is 43.2 Å². The van der Waals surface area contributed by atoms with Crippen LogP contribution in [0, 0.1) is 0 Å². The largest absolute Gasteiger partial charge is 0.150 e. The van der Waals surface area contributed by atoms with Crippen molar-refractivity contribution in [2.24, 2.45) is 0 Å². The fourth-order valence-corrected chi connectivity index (χ4v) is 2.01. The van der Waals surface area contributed by atoms with Gasteiger partial charge in [-0.25, -0.2) is 0 Å². The van der Waals surface area contributed by atoms with E-state index < -0.39 is 0 Å². The van der Waals surface area contributed by atoms with Gasteiger partial charge in [0.2, 0.25) is 0 Å². The van der Waals surface area contributed by atoms with Crippen molar-refractivity contribution in [3.8, 4) is 0 Å². The van der Waals surface area contributed by atoms with E-state index in [1.165, 1.54) is 0 Å². The zero-order valence-electron chi connectivity index (χ0n) is 5.32. The van der Waals surface area contributed by atoms with Crippen LogP contribution in [0.4, 0.5) is 0 Å². The normalized spacial score (nSPS) is 8.00. The molecule has 0 bridgehead atoms. The van der Waals surface area contributed by atoms with Crippen molar-refractivity contribution in [1.29, 1.82) is 0 Å². The van der Waals surface area contributed by atoms with Gasteiger partial charge < -0.3 is 0 Å². The van der Waals surface area contributed by atoms with E-state index in [-0.39, 0.29) is 0 Å². The fraction of sp³-hybridized carbons (Fsp3) is 0.333. The molecule has 9 heavy (non-hydrogen) atoms. The predicted octanol–water partition coefficient (Wildman–Crippen LogP) is 4.30. The van der Waals surface area contributed by atoms with Crippen LogP contribution in [0.2, 0.25) is 0 Å². The molecule has 1 rings (SSSR count). The Hall–Kier alpha value is 0.660. The maximum Gasteiger partial charge on any atom is 0.0424 e. The molecule has 0 radical (unpaired) electrons. The van der Waals surface area contributed by atoms with E-state index in [4.69, 9.17) is 0 Å². The minimum Gasteiger partial charge on any atom is -0.150 e. The van der Waals surface area contributed by atoms with E-state index in [0.717, 1.165) is 8.95 Å². The summed E-state index contributed by atoms with van der Waals surface area (Å²) in [4.78, 5) is 0. The van der Waals surface area contributed by atoms with Gasteiger partial charge in [-0.2, -0.15) is 11.3 Å². The van der Waals surface area contributed by atoms with Crippen molar-refractivity contribution in [3.05, 3.63) is 19.7 Å². The third-order valence-corrected chi connectivity index (χ3v) is 3.77. The summed E-state index contributed by atoms with van der Waals surface area (Å²) >= 11 is 8.33. The lowest BCUT2D eigenvalue weighted by atomic mass is 10.7. The second-order valence-corrected chi connectivity index (χ2v) is 3.52. The summed E-state index contributed by atoms with van der Waals surface area (Å²) < 4.78 is 2.27. The van der Waals surface area contributed by atoms with Gasteiger partial charge in [-0.15, -0.1) is 0 Å². The molecule has 0 amide bonds. The lowest BCUT2D eigenvalue weighted by Gasteiger charge is -1.74. The van der Waals surface area contributed by atoms with Crippen molar-refractivity contribution in [1.82, 2.24) is 0 Å². The van der Waals surface area contributed by atoms with E-state index in [1.807, 2.05) is 24.6 Å². The van der Waals surface area contributed by atoms with Crippen LogP contribution in [-0.4, -0.2) is 0 Å². The number of hydrogen-bond acceptors (Lipinski definition) is 1. The highest BCUT2D eigenvalue weighted by Gasteiger charge is 1.91. The summed E-state index contributed by atoms with van der Waals surface area (Å²) in [6.07, 6.45) is 0. The van der Waals surface area contributed by atoms with Crippen LogP contribution in [0.3, 0.4) is 0 Å². The van der Waals surface area contributed by atoms with Gasteiger partial charge in [0, 0.05) is 19.7 Å². The van der Waals surface area contributed by atoms with Gasteiger partial charge in [0.05, 0.1) is 0 Å². The highest BCUT2D eigenvalue weighted by Crippen LogP contribution is 2.25. The van der Waals surface area contributed by atoms with Crippen LogP contribution in [0.5, 0.6) is 0 Å². The highest BCUT2D eigenvalue weighted by atomic mass is 79.9. The number of halogens is 2. The minimum absolute atomic E-state index is 1.14. The Labute approximate surface area is 76.5 Å². The van der Waals surface area contributed by atoms with Gasteiger partial charge in [0.1, 0.15) is 0 Å². The standard InChI is InChI=1S/C4H2Br2S.C2H6/c5-3-1-7-2-4(3)6;1-2/h1-2H;1-2H3. The summed E-state index contributed by atoms with van der Waals surface area (Å²) in [6, 6.07) is 0. The van der Waals surface area contributed by atoms with Crippen LogP contribution >= 0.6 is 43.2 Å². The van der Waals surface area contributed by atoms with Crippen molar-refractivity contribution in [2.75, 3.05) is 0 Å². The Bertz CT molecular complexity index is 143. The molecule has 1 aromatic rings. The van der Waals surface area contributed by atoms with Crippen LogP contribution in [0.15, 0.2) is 19.7 Å². The molecule has 0 aliphatic rings. The maximum atomic E-state index is 3.33. The SMILES string of the molecule is Brc1cscc1Br.CC. The average molecular weight is 272 g/mol. The first-order valence-corrected chi connectivity index (χ1v) is 5.21. The molecule has 0 N–H and O–H groups in total. The van der Waals surface area contributed by atoms with Crippen molar-refractivity contribution < 1.29 is 0 Å². The summed E-state index contributed by atoms with van der Waals surface area (Å²) in [6.45, 7) is 4.00. The summed E-state index contributed by atoms with van der Waals surface area (Å²) in [7, 11) is 0. The molecular formula is C6H8Br2S. The molecule has 3 heteroatoms. The Morgan fingerprint density at radius 1 is 1.11 bits per heavy atom. The minimum atomic E-state index is 1.14. The first-order chi connectivity index (χ1) is 4.30. The summed E-state index contributed by atoms with van der Waals surface area (Å²) in [5.74, 6) is 0. The van der Waals surface area contributed by atoms with Gasteiger partial charge in [0.25, 0.3) is 0 Å². The topological polar surface area (TPSA) is 0 Å². The molecular weight excluding hydrogens is 264 g/mol. The van der Waals surface area contributed by atoms with Gasteiger partial charge in [-0.05, 0) is 31.9 Å². The molecule has 0 aliphatic carbocycles. The molecule has 0 saturated carbocycles. The van der Waals surface area contributed by atoms with Gasteiger partial charge in [0.15, 0.2) is 0 Å². The number of rotatable bonds is 0. The lowest BCUT2D eigenvalue weighted by molar-refractivity contribution is 1.50. The smallest absolute Gasteiger partial charge is 0.0424 e. The quantitative estimate of drug-likeness (QED) is 0.660. The maximum absolute atomic E-state index is 3.33. The van der Waals surface area contributed by atoms with Crippen molar-refractivity contribution in [3.63, 3.8) is 0 Å². The van der Waals surface area contributed by atoms with Crippen molar-refractivity contribution in [2.45, 2.75) is 13.8 Å². The van der Waals surface area contributed by atoms with E-state index in [9.17, 15) is 0 Å². The van der Waals surface area contributed by atoms with Gasteiger partial charge in [-0.1, -0.05) is 13.8 Å². The summed E-state index contributed by atoms with van der Waals surface area (Å²) in [5.41, 5.74) is 0. The molecule has 0 aromatic carbocycles. The molecule has 0 fully saturated rings. The Morgan fingerprint density at radius 3 is 1.56 bits per heavy atom. The van der Waals surface area contributed by atoms with E-state index in [1.54, 1.807) is 11.3 Å².